The van der Waals surface area contributed by atoms with E-state index in [9.17, 15) is 9.59 Å². The number of nitrogens with one attached hydrogen (secondary N) is 3. The molecule has 1 heterocycles. The Hall–Kier alpha value is -3.48. The Kier molecular flexibility index (Phi) is 5.54. The largest absolute Gasteiger partial charge is 0.493 e. The van der Waals surface area contributed by atoms with Crippen LogP contribution >= 0.6 is 0 Å². The first kappa shape index (κ1) is 19.3. The first-order valence-corrected chi connectivity index (χ1v) is 8.81. The molecule has 28 heavy (non-hydrogen) atoms. The summed E-state index contributed by atoms with van der Waals surface area (Å²) < 4.78 is 10.6. The van der Waals surface area contributed by atoms with Crippen molar-refractivity contribution in [2.45, 2.75) is 19.9 Å². The van der Waals surface area contributed by atoms with Gasteiger partial charge in [-0.1, -0.05) is 23.8 Å². The van der Waals surface area contributed by atoms with E-state index in [0.29, 0.717) is 34.0 Å². The molecule has 0 aromatic heterocycles. The molecular formula is C21H23N3O4. The van der Waals surface area contributed by atoms with Crippen LogP contribution in [0.4, 0.5) is 10.5 Å². The fourth-order valence-electron chi connectivity index (χ4n) is 3.11. The summed E-state index contributed by atoms with van der Waals surface area (Å²) in [5, 5.41) is 8.37. The molecule has 146 valence electrons. The van der Waals surface area contributed by atoms with E-state index in [0.717, 1.165) is 5.56 Å². The summed E-state index contributed by atoms with van der Waals surface area (Å²) in [6.07, 6.45) is 0. The van der Waals surface area contributed by atoms with Crippen molar-refractivity contribution in [2.75, 3.05) is 19.5 Å². The third kappa shape index (κ3) is 3.93. The number of rotatable bonds is 5. The quantitative estimate of drug-likeness (QED) is 0.742. The molecule has 0 spiro atoms. The van der Waals surface area contributed by atoms with Gasteiger partial charge in [0.05, 0.1) is 25.8 Å². The summed E-state index contributed by atoms with van der Waals surface area (Å²) in [5.74, 6) is 0.787. The highest BCUT2D eigenvalue weighted by molar-refractivity contribution is 6.06. The maximum absolute atomic E-state index is 13.0. The number of methoxy groups -OCH3 is 2. The number of hydrogen-bond acceptors (Lipinski definition) is 4. The zero-order chi connectivity index (χ0) is 20.3. The predicted octanol–water partition coefficient (Wildman–Crippen LogP) is 3.28. The third-order valence-electron chi connectivity index (χ3n) is 4.56. The molecule has 7 heteroatoms. The molecule has 0 saturated carbocycles. The minimum Gasteiger partial charge on any atom is -0.493 e. The normalized spacial score (nSPS) is 16.1. The van der Waals surface area contributed by atoms with Crippen LogP contribution in [-0.4, -0.2) is 26.2 Å². The van der Waals surface area contributed by atoms with E-state index >= 15 is 0 Å². The summed E-state index contributed by atoms with van der Waals surface area (Å²) in [5.41, 5.74) is 3.41. The van der Waals surface area contributed by atoms with Gasteiger partial charge in [-0.25, -0.2) is 4.79 Å². The van der Waals surface area contributed by atoms with Crippen LogP contribution in [0.15, 0.2) is 53.7 Å². The Morgan fingerprint density at radius 3 is 2.32 bits per heavy atom. The third-order valence-corrected chi connectivity index (χ3v) is 4.56. The number of ether oxygens (including phenoxy) is 2. The molecule has 0 fully saturated rings. The number of carbonyl (C=O) groups excluding carboxylic acids is 2. The number of carbonyl (C=O) groups is 2. The van der Waals surface area contributed by atoms with Crippen LogP contribution in [0.3, 0.4) is 0 Å². The van der Waals surface area contributed by atoms with Crippen molar-refractivity contribution in [3.05, 3.63) is 64.9 Å². The summed E-state index contributed by atoms with van der Waals surface area (Å²) in [6.45, 7) is 3.68. The van der Waals surface area contributed by atoms with Gasteiger partial charge in [0.1, 0.15) is 0 Å². The lowest BCUT2D eigenvalue weighted by atomic mass is 9.94. The average Bonchev–Trinajstić information content (AvgIpc) is 2.68. The molecule has 0 saturated heterocycles. The molecule has 2 aromatic carbocycles. The highest BCUT2D eigenvalue weighted by atomic mass is 16.5. The molecule has 0 aliphatic carbocycles. The number of benzene rings is 2. The van der Waals surface area contributed by atoms with Gasteiger partial charge in [0.25, 0.3) is 5.91 Å². The molecule has 0 bridgehead atoms. The molecular weight excluding hydrogens is 358 g/mol. The Balaban J connectivity index is 1.96. The smallest absolute Gasteiger partial charge is 0.319 e. The topological polar surface area (TPSA) is 88.7 Å². The molecule has 0 radical (unpaired) electrons. The van der Waals surface area contributed by atoms with Gasteiger partial charge in [0, 0.05) is 11.4 Å². The van der Waals surface area contributed by atoms with Gasteiger partial charge >= 0.3 is 6.03 Å². The molecule has 3 amide bonds. The standard InChI is InChI=1S/C21H23N3O4/c1-12-5-8-15(9-6-12)23-20(25)18-13(2)22-21(26)24-19(18)14-7-10-16(27-3)17(11-14)28-4/h5-11,19H,1-4H3,(H,23,25)(H2,22,24,26). The highest BCUT2D eigenvalue weighted by Crippen LogP contribution is 2.34. The van der Waals surface area contributed by atoms with Gasteiger partial charge < -0.3 is 25.4 Å². The number of hydrogen-bond donors (Lipinski definition) is 3. The Labute approximate surface area is 163 Å². The second-order valence-electron chi connectivity index (χ2n) is 6.50. The van der Waals surface area contributed by atoms with Crippen LogP contribution in [0.25, 0.3) is 0 Å². The lowest BCUT2D eigenvalue weighted by molar-refractivity contribution is -0.113. The predicted molar refractivity (Wildman–Crippen MR) is 106 cm³/mol. The van der Waals surface area contributed by atoms with Gasteiger partial charge in [0.15, 0.2) is 11.5 Å². The van der Waals surface area contributed by atoms with Gasteiger partial charge in [-0.3, -0.25) is 4.79 Å². The molecule has 1 unspecified atom stereocenters. The van der Waals surface area contributed by atoms with E-state index in [-0.39, 0.29) is 11.9 Å². The summed E-state index contributed by atoms with van der Waals surface area (Å²) >= 11 is 0. The minimum atomic E-state index is -0.626. The van der Waals surface area contributed by atoms with Gasteiger partial charge in [-0.05, 0) is 43.7 Å². The second-order valence-corrected chi connectivity index (χ2v) is 6.50. The highest BCUT2D eigenvalue weighted by Gasteiger charge is 2.31. The molecule has 3 rings (SSSR count). The molecule has 1 aliphatic rings. The average molecular weight is 381 g/mol. The Morgan fingerprint density at radius 2 is 1.68 bits per heavy atom. The number of urea groups is 1. The van der Waals surface area contributed by atoms with E-state index in [2.05, 4.69) is 16.0 Å². The molecule has 7 nitrogen and oxygen atoms in total. The lowest BCUT2D eigenvalue weighted by Crippen LogP contribution is -2.45. The van der Waals surface area contributed by atoms with Crippen LogP contribution in [0.1, 0.15) is 24.1 Å². The maximum Gasteiger partial charge on any atom is 0.319 e. The molecule has 3 N–H and O–H groups in total. The summed E-state index contributed by atoms with van der Waals surface area (Å²) in [6, 6.07) is 11.8. The van der Waals surface area contributed by atoms with Crippen molar-refractivity contribution in [2.24, 2.45) is 0 Å². The fraction of sp³-hybridized carbons (Fsp3) is 0.238. The van der Waals surface area contributed by atoms with E-state index in [1.165, 1.54) is 7.11 Å². The number of anilines is 1. The van der Waals surface area contributed by atoms with Crippen molar-refractivity contribution in [3.8, 4) is 11.5 Å². The first-order valence-electron chi connectivity index (χ1n) is 8.81. The van der Waals surface area contributed by atoms with Crippen molar-refractivity contribution in [3.63, 3.8) is 0 Å². The van der Waals surface area contributed by atoms with Gasteiger partial charge in [-0.2, -0.15) is 0 Å². The van der Waals surface area contributed by atoms with Gasteiger partial charge in [0.2, 0.25) is 0 Å². The minimum absolute atomic E-state index is 0.298. The molecule has 2 aromatic rings. The van der Waals surface area contributed by atoms with Crippen molar-refractivity contribution in [1.29, 1.82) is 0 Å². The van der Waals surface area contributed by atoms with E-state index in [1.807, 2.05) is 31.2 Å². The summed E-state index contributed by atoms with van der Waals surface area (Å²) in [4.78, 5) is 25.1. The fourth-order valence-corrected chi connectivity index (χ4v) is 3.11. The van der Waals surface area contributed by atoms with E-state index in [4.69, 9.17) is 9.47 Å². The monoisotopic (exact) mass is 381 g/mol. The van der Waals surface area contributed by atoms with Crippen molar-refractivity contribution < 1.29 is 19.1 Å². The van der Waals surface area contributed by atoms with Crippen LogP contribution in [0.2, 0.25) is 0 Å². The van der Waals surface area contributed by atoms with Crippen molar-refractivity contribution >= 4 is 17.6 Å². The molecule has 1 aliphatic heterocycles. The van der Waals surface area contributed by atoms with E-state index < -0.39 is 6.04 Å². The lowest BCUT2D eigenvalue weighted by Gasteiger charge is -2.29. The SMILES string of the molecule is COc1ccc(C2NC(=O)NC(C)=C2C(=O)Nc2ccc(C)cc2)cc1OC. The van der Waals surface area contributed by atoms with E-state index in [1.54, 1.807) is 32.2 Å². The zero-order valence-electron chi connectivity index (χ0n) is 16.3. The zero-order valence-corrected chi connectivity index (χ0v) is 16.3. The molecule has 1 atom stereocenters. The number of allylic oxidation sites excluding steroid dienone is 1. The van der Waals surface area contributed by atoms with Crippen molar-refractivity contribution in [1.82, 2.24) is 10.6 Å². The van der Waals surface area contributed by atoms with Crippen LogP contribution in [0, 0.1) is 6.92 Å². The first-order chi connectivity index (χ1) is 13.4. The Bertz CT molecular complexity index is 935. The maximum atomic E-state index is 13.0. The summed E-state index contributed by atoms with van der Waals surface area (Å²) in [7, 11) is 3.09. The second kappa shape index (κ2) is 8.04. The van der Waals surface area contributed by atoms with Crippen LogP contribution in [-0.2, 0) is 4.79 Å². The van der Waals surface area contributed by atoms with Crippen LogP contribution in [0.5, 0.6) is 11.5 Å². The number of aryl methyl sites for hydroxylation is 1. The van der Waals surface area contributed by atoms with Crippen LogP contribution < -0.4 is 25.4 Å². The Morgan fingerprint density at radius 1 is 1.00 bits per heavy atom. The van der Waals surface area contributed by atoms with Gasteiger partial charge in [-0.15, -0.1) is 0 Å². The number of amides is 3.